The molecule has 0 heterocycles. The quantitative estimate of drug-likeness (QED) is 0.733. The van der Waals surface area contributed by atoms with Crippen LogP contribution >= 0.6 is 11.6 Å². The first-order valence-corrected chi connectivity index (χ1v) is 8.09. The van der Waals surface area contributed by atoms with E-state index < -0.39 is 42.0 Å². The molecule has 0 fully saturated rings. The second kappa shape index (κ2) is 8.77. The summed E-state index contributed by atoms with van der Waals surface area (Å²) in [5.74, 6) is -1.43. The molecule has 0 aliphatic carbocycles. The Morgan fingerprint density at radius 1 is 1.15 bits per heavy atom. The van der Waals surface area contributed by atoms with E-state index in [1.54, 1.807) is 18.2 Å². The summed E-state index contributed by atoms with van der Waals surface area (Å²) in [5, 5.41) is 2.49. The number of para-hydroxylation sites is 1. The zero-order chi connectivity index (χ0) is 20.0. The van der Waals surface area contributed by atoms with Crippen molar-refractivity contribution in [2.75, 3.05) is 11.9 Å². The molecule has 1 atom stereocenters. The molecule has 2 rings (SSSR count). The minimum Gasteiger partial charge on any atom is -0.479 e. The molecule has 5 nitrogen and oxygen atoms in total. The summed E-state index contributed by atoms with van der Waals surface area (Å²) in [6.07, 6.45) is -5.67. The standard InChI is InChI=1S/C18H15ClF3NO4/c1-11(27-13-6-4-5-12(19)9-13)17(25)26-10-16(24)23-15-8-3-2-7-14(15)18(20,21)22/h2-9,11H,10H2,1H3,(H,23,24). The second-order valence-electron chi connectivity index (χ2n) is 5.42. The second-order valence-corrected chi connectivity index (χ2v) is 5.85. The van der Waals surface area contributed by atoms with Crippen LogP contribution in [0.4, 0.5) is 18.9 Å². The maximum Gasteiger partial charge on any atom is 0.418 e. The van der Waals surface area contributed by atoms with Crippen LogP contribution in [0.2, 0.25) is 5.02 Å². The average Bonchev–Trinajstić information content (AvgIpc) is 2.59. The van der Waals surface area contributed by atoms with Crippen molar-refractivity contribution in [3.8, 4) is 5.75 Å². The molecule has 0 bridgehead atoms. The van der Waals surface area contributed by atoms with Crippen LogP contribution in [-0.2, 0) is 20.5 Å². The van der Waals surface area contributed by atoms with Crippen molar-refractivity contribution in [3.63, 3.8) is 0 Å². The Hall–Kier alpha value is -2.74. The van der Waals surface area contributed by atoms with E-state index in [1.807, 2.05) is 0 Å². The lowest BCUT2D eigenvalue weighted by atomic mass is 10.1. The van der Waals surface area contributed by atoms with Crippen LogP contribution in [-0.4, -0.2) is 24.6 Å². The Labute approximate surface area is 158 Å². The number of alkyl halides is 3. The molecule has 27 heavy (non-hydrogen) atoms. The highest BCUT2D eigenvalue weighted by Crippen LogP contribution is 2.34. The summed E-state index contributed by atoms with van der Waals surface area (Å²) < 4.78 is 48.8. The van der Waals surface area contributed by atoms with Crippen LogP contribution in [0.3, 0.4) is 0 Å². The predicted molar refractivity (Wildman–Crippen MR) is 92.6 cm³/mol. The molecule has 1 N–H and O–H groups in total. The van der Waals surface area contributed by atoms with Gasteiger partial charge in [-0.15, -0.1) is 0 Å². The maximum atomic E-state index is 12.9. The zero-order valence-electron chi connectivity index (χ0n) is 14.0. The van der Waals surface area contributed by atoms with Crippen LogP contribution in [0, 0.1) is 0 Å². The van der Waals surface area contributed by atoms with E-state index in [0.29, 0.717) is 10.8 Å². The van der Waals surface area contributed by atoms with Gasteiger partial charge in [0.2, 0.25) is 0 Å². The van der Waals surface area contributed by atoms with Crippen molar-refractivity contribution in [2.24, 2.45) is 0 Å². The third-order valence-corrected chi connectivity index (χ3v) is 3.53. The number of ether oxygens (including phenoxy) is 2. The number of halogens is 4. The largest absolute Gasteiger partial charge is 0.479 e. The first-order valence-electron chi connectivity index (χ1n) is 7.72. The molecule has 0 aliphatic rings. The van der Waals surface area contributed by atoms with Gasteiger partial charge < -0.3 is 14.8 Å². The van der Waals surface area contributed by atoms with Crippen LogP contribution in [0.15, 0.2) is 48.5 Å². The number of anilines is 1. The van der Waals surface area contributed by atoms with Crippen LogP contribution in [0.5, 0.6) is 5.75 Å². The summed E-state index contributed by atoms with van der Waals surface area (Å²) in [4.78, 5) is 23.7. The van der Waals surface area contributed by atoms with Crippen molar-refractivity contribution in [3.05, 3.63) is 59.1 Å². The fourth-order valence-electron chi connectivity index (χ4n) is 2.07. The van der Waals surface area contributed by atoms with Crippen molar-refractivity contribution in [1.82, 2.24) is 0 Å². The summed E-state index contributed by atoms with van der Waals surface area (Å²) in [7, 11) is 0. The number of amides is 1. The number of benzene rings is 2. The van der Waals surface area contributed by atoms with Gasteiger partial charge in [0.05, 0.1) is 11.3 Å². The van der Waals surface area contributed by atoms with Gasteiger partial charge in [-0.25, -0.2) is 4.79 Å². The molecule has 144 valence electrons. The van der Waals surface area contributed by atoms with Gasteiger partial charge in [0, 0.05) is 5.02 Å². The highest BCUT2D eigenvalue weighted by atomic mass is 35.5. The molecule has 0 saturated heterocycles. The number of hydrogen-bond donors (Lipinski definition) is 1. The van der Waals surface area contributed by atoms with Gasteiger partial charge >= 0.3 is 12.1 Å². The summed E-state index contributed by atoms with van der Waals surface area (Å²) in [6, 6.07) is 10.8. The van der Waals surface area contributed by atoms with Gasteiger partial charge in [-0.05, 0) is 37.3 Å². The van der Waals surface area contributed by atoms with Gasteiger partial charge in [-0.3, -0.25) is 4.79 Å². The van der Waals surface area contributed by atoms with E-state index in [4.69, 9.17) is 21.1 Å². The van der Waals surface area contributed by atoms with Gasteiger partial charge in [0.15, 0.2) is 12.7 Å². The SMILES string of the molecule is CC(Oc1cccc(Cl)c1)C(=O)OCC(=O)Nc1ccccc1C(F)(F)F. The molecule has 9 heteroatoms. The average molecular weight is 402 g/mol. The zero-order valence-corrected chi connectivity index (χ0v) is 14.8. The Bertz CT molecular complexity index is 826. The molecule has 1 unspecified atom stereocenters. The molecule has 1 amide bonds. The van der Waals surface area contributed by atoms with E-state index in [1.165, 1.54) is 25.1 Å². The van der Waals surface area contributed by atoms with E-state index in [9.17, 15) is 22.8 Å². The molecular formula is C18H15ClF3NO4. The highest BCUT2D eigenvalue weighted by molar-refractivity contribution is 6.30. The van der Waals surface area contributed by atoms with Crippen molar-refractivity contribution >= 4 is 29.2 Å². The number of rotatable bonds is 6. The van der Waals surface area contributed by atoms with Crippen molar-refractivity contribution in [1.29, 1.82) is 0 Å². The Balaban J connectivity index is 1.89. The third-order valence-electron chi connectivity index (χ3n) is 3.29. The molecule has 0 saturated carbocycles. The predicted octanol–water partition coefficient (Wildman–Crippen LogP) is 4.31. The van der Waals surface area contributed by atoms with Crippen molar-refractivity contribution < 1.29 is 32.2 Å². The maximum absolute atomic E-state index is 12.9. The lowest BCUT2D eigenvalue weighted by molar-refractivity contribution is -0.153. The summed E-state index contributed by atoms with van der Waals surface area (Å²) >= 11 is 5.80. The van der Waals surface area contributed by atoms with E-state index >= 15 is 0 Å². The van der Waals surface area contributed by atoms with Gasteiger partial charge in [0.25, 0.3) is 5.91 Å². The molecular weight excluding hydrogens is 387 g/mol. The molecule has 2 aromatic carbocycles. The first-order chi connectivity index (χ1) is 12.7. The van der Waals surface area contributed by atoms with E-state index in [2.05, 4.69) is 5.32 Å². The van der Waals surface area contributed by atoms with E-state index in [-0.39, 0.29) is 0 Å². The number of hydrogen-bond acceptors (Lipinski definition) is 4. The topological polar surface area (TPSA) is 64.6 Å². The lowest BCUT2D eigenvalue weighted by Crippen LogP contribution is -2.30. The summed E-state index contributed by atoms with van der Waals surface area (Å²) in [5.41, 5.74) is -1.42. The van der Waals surface area contributed by atoms with Crippen LogP contribution in [0.25, 0.3) is 0 Å². The third kappa shape index (κ3) is 6.18. The number of nitrogens with one attached hydrogen (secondary N) is 1. The van der Waals surface area contributed by atoms with Crippen LogP contribution < -0.4 is 10.1 Å². The van der Waals surface area contributed by atoms with Gasteiger partial charge in [-0.1, -0.05) is 29.8 Å². The fourth-order valence-corrected chi connectivity index (χ4v) is 2.25. The Kier molecular flexibility index (Phi) is 6.68. The van der Waals surface area contributed by atoms with Gasteiger partial charge in [0.1, 0.15) is 5.75 Å². The van der Waals surface area contributed by atoms with Gasteiger partial charge in [-0.2, -0.15) is 13.2 Å². The number of carbonyl (C=O) groups is 2. The fraction of sp³-hybridized carbons (Fsp3) is 0.222. The minimum atomic E-state index is -4.63. The molecule has 0 spiro atoms. The monoisotopic (exact) mass is 401 g/mol. The Morgan fingerprint density at radius 3 is 2.52 bits per heavy atom. The molecule has 0 aliphatic heterocycles. The number of esters is 1. The summed E-state index contributed by atoms with van der Waals surface area (Å²) in [6.45, 7) is 0.647. The van der Waals surface area contributed by atoms with E-state index in [0.717, 1.165) is 12.1 Å². The molecule has 0 aromatic heterocycles. The lowest BCUT2D eigenvalue weighted by Gasteiger charge is -2.15. The molecule has 0 radical (unpaired) electrons. The number of carbonyl (C=O) groups excluding carboxylic acids is 2. The molecule has 2 aromatic rings. The smallest absolute Gasteiger partial charge is 0.418 e. The first kappa shape index (κ1) is 20.6. The Morgan fingerprint density at radius 2 is 1.85 bits per heavy atom. The minimum absolute atomic E-state index is 0.329. The highest BCUT2D eigenvalue weighted by Gasteiger charge is 2.33. The van der Waals surface area contributed by atoms with Crippen molar-refractivity contribution in [2.45, 2.75) is 19.2 Å². The van der Waals surface area contributed by atoms with Crippen LogP contribution in [0.1, 0.15) is 12.5 Å². The normalized spacial score (nSPS) is 12.2.